The summed E-state index contributed by atoms with van der Waals surface area (Å²) in [5, 5.41) is 8.96. The van der Waals surface area contributed by atoms with Gasteiger partial charge in [0.1, 0.15) is 5.82 Å². The van der Waals surface area contributed by atoms with Crippen LogP contribution in [0.25, 0.3) is 0 Å². The minimum absolute atomic E-state index is 0.109. The molecule has 15 heavy (non-hydrogen) atoms. The summed E-state index contributed by atoms with van der Waals surface area (Å²) in [5.41, 5.74) is 4.57. The zero-order chi connectivity index (χ0) is 11.6. The molecule has 0 radical (unpaired) electrons. The van der Waals surface area contributed by atoms with E-state index < -0.39 is 17.3 Å². The Morgan fingerprint density at radius 1 is 1.67 bits per heavy atom. The zero-order valence-corrected chi connectivity index (χ0v) is 8.88. The number of hydrogen-bond donors (Lipinski definition) is 2. The summed E-state index contributed by atoms with van der Waals surface area (Å²) in [7, 11) is 0. The van der Waals surface area contributed by atoms with Gasteiger partial charge in [-0.05, 0) is 25.1 Å². The maximum absolute atomic E-state index is 13.4. The molecule has 1 unspecified atom stereocenters. The van der Waals surface area contributed by atoms with Crippen molar-refractivity contribution in [3.63, 3.8) is 0 Å². The lowest BCUT2D eigenvalue weighted by atomic mass is 9.89. The van der Waals surface area contributed by atoms with E-state index in [4.69, 9.17) is 22.4 Å². The van der Waals surface area contributed by atoms with Crippen LogP contribution in [0.5, 0.6) is 0 Å². The molecule has 0 saturated carbocycles. The van der Waals surface area contributed by atoms with Gasteiger partial charge in [-0.3, -0.25) is 4.79 Å². The maximum Gasteiger partial charge on any atom is 0.305 e. The van der Waals surface area contributed by atoms with Crippen molar-refractivity contribution >= 4 is 17.6 Å². The lowest BCUT2D eigenvalue weighted by Gasteiger charge is -2.23. The van der Waals surface area contributed by atoms with Crippen molar-refractivity contribution in [2.24, 2.45) is 5.73 Å². The summed E-state index contributed by atoms with van der Waals surface area (Å²) < 4.78 is 13.4. The first-order chi connectivity index (χ1) is 6.83. The van der Waals surface area contributed by atoms with Gasteiger partial charge >= 0.3 is 5.97 Å². The lowest BCUT2D eigenvalue weighted by Crippen LogP contribution is -2.36. The largest absolute Gasteiger partial charge is 0.481 e. The number of aliphatic carboxylic acids is 1. The third-order valence-corrected chi connectivity index (χ3v) is 2.30. The molecule has 5 heteroatoms. The monoisotopic (exact) mass is 231 g/mol. The predicted octanol–water partition coefficient (Wildman–Crippen LogP) is 2.13. The van der Waals surface area contributed by atoms with Gasteiger partial charge in [0.25, 0.3) is 0 Å². The van der Waals surface area contributed by atoms with Crippen LogP contribution in [-0.4, -0.2) is 11.1 Å². The number of carboxylic acid groups (broad SMARTS) is 1. The van der Waals surface area contributed by atoms with E-state index in [0.29, 0.717) is 5.02 Å². The number of benzene rings is 1. The molecular weight excluding hydrogens is 221 g/mol. The summed E-state index contributed by atoms with van der Waals surface area (Å²) >= 11 is 5.69. The molecule has 1 aromatic carbocycles. The number of rotatable bonds is 3. The van der Waals surface area contributed by atoms with Crippen molar-refractivity contribution in [3.05, 3.63) is 34.6 Å². The van der Waals surface area contributed by atoms with Crippen molar-refractivity contribution in [2.45, 2.75) is 18.9 Å². The Kier molecular flexibility index (Phi) is 3.31. The van der Waals surface area contributed by atoms with Gasteiger partial charge in [-0.25, -0.2) is 4.39 Å². The molecule has 0 aliphatic carbocycles. The quantitative estimate of drug-likeness (QED) is 0.838. The van der Waals surface area contributed by atoms with Gasteiger partial charge in [0.05, 0.1) is 12.0 Å². The molecule has 0 saturated heterocycles. The molecule has 0 amide bonds. The summed E-state index contributed by atoms with van der Waals surface area (Å²) in [6.07, 6.45) is -0.357. The fourth-order valence-corrected chi connectivity index (χ4v) is 1.52. The SMILES string of the molecule is CC(N)(CC(=O)O)c1cc(Cl)ccc1F. The molecule has 0 bridgehead atoms. The number of nitrogens with two attached hydrogens (primary N) is 1. The molecule has 0 aromatic heterocycles. The average Bonchev–Trinajstić information content (AvgIpc) is 2.06. The van der Waals surface area contributed by atoms with Crippen LogP contribution in [0.2, 0.25) is 5.02 Å². The van der Waals surface area contributed by atoms with Crippen LogP contribution in [0.15, 0.2) is 18.2 Å². The highest BCUT2D eigenvalue weighted by Gasteiger charge is 2.27. The number of carbonyl (C=O) groups is 1. The second-order valence-electron chi connectivity index (χ2n) is 3.61. The highest BCUT2D eigenvalue weighted by Crippen LogP contribution is 2.26. The van der Waals surface area contributed by atoms with E-state index in [2.05, 4.69) is 0 Å². The number of carboxylic acids is 1. The van der Waals surface area contributed by atoms with Gasteiger partial charge in [0.2, 0.25) is 0 Å². The number of halogens is 2. The van der Waals surface area contributed by atoms with Crippen LogP contribution < -0.4 is 5.73 Å². The normalized spacial score (nSPS) is 14.7. The highest BCUT2D eigenvalue weighted by atomic mass is 35.5. The van der Waals surface area contributed by atoms with Crippen molar-refractivity contribution in [1.82, 2.24) is 0 Å². The van der Waals surface area contributed by atoms with Gasteiger partial charge in [0.15, 0.2) is 0 Å². The smallest absolute Gasteiger partial charge is 0.305 e. The first kappa shape index (κ1) is 11.9. The van der Waals surface area contributed by atoms with Crippen LogP contribution >= 0.6 is 11.6 Å². The van der Waals surface area contributed by atoms with Crippen LogP contribution in [0.1, 0.15) is 18.9 Å². The van der Waals surface area contributed by atoms with E-state index in [0.717, 1.165) is 0 Å². The predicted molar refractivity (Wildman–Crippen MR) is 55.2 cm³/mol. The third kappa shape index (κ3) is 2.91. The van der Waals surface area contributed by atoms with E-state index in [1.807, 2.05) is 0 Å². The summed E-state index contributed by atoms with van der Waals surface area (Å²) in [6.45, 7) is 1.45. The van der Waals surface area contributed by atoms with Crippen molar-refractivity contribution in [2.75, 3.05) is 0 Å². The molecule has 3 N–H and O–H groups in total. The zero-order valence-electron chi connectivity index (χ0n) is 8.13. The lowest BCUT2D eigenvalue weighted by molar-refractivity contribution is -0.138. The van der Waals surface area contributed by atoms with E-state index in [-0.39, 0.29) is 12.0 Å². The van der Waals surface area contributed by atoms with E-state index in [1.54, 1.807) is 0 Å². The molecule has 0 spiro atoms. The van der Waals surface area contributed by atoms with Crippen molar-refractivity contribution < 1.29 is 14.3 Å². The van der Waals surface area contributed by atoms with Crippen LogP contribution in [0.4, 0.5) is 4.39 Å². The molecule has 0 heterocycles. The van der Waals surface area contributed by atoms with Gasteiger partial charge < -0.3 is 10.8 Å². The minimum Gasteiger partial charge on any atom is -0.481 e. The summed E-state index contributed by atoms with van der Waals surface area (Å²) in [5.74, 6) is -1.63. The van der Waals surface area contributed by atoms with Crippen LogP contribution in [0.3, 0.4) is 0 Å². The molecule has 1 atom stereocenters. The van der Waals surface area contributed by atoms with Crippen LogP contribution in [-0.2, 0) is 10.3 Å². The fourth-order valence-electron chi connectivity index (χ4n) is 1.34. The molecule has 0 aliphatic heterocycles. The van der Waals surface area contributed by atoms with Gasteiger partial charge in [-0.15, -0.1) is 0 Å². The molecule has 3 nitrogen and oxygen atoms in total. The Morgan fingerprint density at radius 3 is 2.80 bits per heavy atom. The average molecular weight is 232 g/mol. The Balaban J connectivity index is 3.13. The summed E-state index contributed by atoms with van der Waals surface area (Å²) in [6, 6.07) is 3.90. The maximum atomic E-state index is 13.4. The number of hydrogen-bond acceptors (Lipinski definition) is 2. The Bertz CT molecular complexity index is 393. The van der Waals surface area contributed by atoms with E-state index >= 15 is 0 Å². The Morgan fingerprint density at radius 2 is 2.27 bits per heavy atom. The summed E-state index contributed by atoms with van der Waals surface area (Å²) in [4.78, 5) is 10.5. The van der Waals surface area contributed by atoms with Crippen molar-refractivity contribution in [3.8, 4) is 0 Å². The molecule has 0 fully saturated rings. The highest BCUT2D eigenvalue weighted by molar-refractivity contribution is 6.30. The van der Waals surface area contributed by atoms with Gasteiger partial charge in [-0.2, -0.15) is 0 Å². The molecule has 82 valence electrons. The van der Waals surface area contributed by atoms with Crippen molar-refractivity contribution in [1.29, 1.82) is 0 Å². The molecule has 1 aromatic rings. The fraction of sp³-hybridized carbons (Fsp3) is 0.300. The second kappa shape index (κ2) is 4.16. The van der Waals surface area contributed by atoms with Gasteiger partial charge in [0, 0.05) is 10.6 Å². The first-order valence-electron chi connectivity index (χ1n) is 4.29. The van der Waals surface area contributed by atoms with Crippen LogP contribution in [0, 0.1) is 5.82 Å². The minimum atomic E-state index is -1.26. The van der Waals surface area contributed by atoms with E-state index in [1.165, 1.54) is 25.1 Å². The molecular formula is C10H11ClFNO2. The Labute approximate surface area is 91.7 Å². The van der Waals surface area contributed by atoms with Gasteiger partial charge in [-0.1, -0.05) is 11.6 Å². The molecule has 0 aliphatic rings. The molecule has 1 rings (SSSR count). The standard InChI is InChI=1S/C10H11ClFNO2/c1-10(13,5-9(14)15)7-4-6(11)2-3-8(7)12/h2-4H,5,13H2,1H3,(H,14,15). The first-order valence-corrected chi connectivity index (χ1v) is 4.67. The third-order valence-electron chi connectivity index (χ3n) is 2.06. The van der Waals surface area contributed by atoms with E-state index in [9.17, 15) is 9.18 Å². The Hall–Kier alpha value is -1.13. The topological polar surface area (TPSA) is 63.3 Å². The second-order valence-corrected chi connectivity index (χ2v) is 4.05.